The van der Waals surface area contributed by atoms with Crippen LogP contribution in [0.15, 0.2) is 48.5 Å². The van der Waals surface area contributed by atoms with Crippen molar-refractivity contribution in [2.75, 3.05) is 7.11 Å². The summed E-state index contributed by atoms with van der Waals surface area (Å²) < 4.78 is 16.8. The number of hydrogen-bond donors (Lipinski definition) is 0. The second-order valence-corrected chi connectivity index (χ2v) is 6.19. The van der Waals surface area contributed by atoms with E-state index < -0.39 is 0 Å². The van der Waals surface area contributed by atoms with E-state index >= 15 is 0 Å². The van der Waals surface area contributed by atoms with Crippen LogP contribution in [-0.4, -0.2) is 13.1 Å². The molecule has 1 saturated heterocycles. The lowest BCUT2D eigenvalue weighted by Crippen LogP contribution is -2.10. The van der Waals surface area contributed by atoms with Crippen LogP contribution in [0.1, 0.15) is 31.1 Å². The molecule has 0 saturated carbocycles. The van der Waals surface area contributed by atoms with Crippen LogP contribution in [0, 0.1) is 11.8 Å². The van der Waals surface area contributed by atoms with Gasteiger partial charge in [0.05, 0.1) is 13.0 Å². The Morgan fingerprint density at radius 3 is 2.42 bits per heavy atom. The van der Waals surface area contributed by atoms with Gasteiger partial charge in [-0.3, -0.25) is 4.79 Å². The molecular formula is C20H22O4. The van der Waals surface area contributed by atoms with Crippen molar-refractivity contribution in [3.8, 4) is 11.5 Å². The Hall–Kier alpha value is -2.49. The van der Waals surface area contributed by atoms with Crippen molar-refractivity contribution in [2.24, 2.45) is 11.8 Å². The summed E-state index contributed by atoms with van der Waals surface area (Å²) in [6.07, 6.45) is -0.232. The third kappa shape index (κ3) is 3.23. The van der Waals surface area contributed by atoms with Gasteiger partial charge in [-0.2, -0.15) is 0 Å². The zero-order chi connectivity index (χ0) is 17.1. The minimum atomic E-state index is -0.232. The van der Waals surface area contributed by atoms with Crippen molar-refractivity contribution in [2.45, 2.75) is 26.6 Å². The first-order valence-corrected chi connectivity index (χ1v) is 8.15. The molecule has 4 nitrogen and oxygen atoms in total. The number of carbonyl (C=O) groups excluding carboxylic acids is 1. The molecule has 0 radical (unpaired) electrons. The molecule has 3 atom stereocenters. The highest BCUT2D eigenvalue weighted by Gasteiger charge is 2.39. The number of esters is 1. The summed E-state index contributed by atoms with van der Waals surface area (Å²) in [5.74, 6) is 1.23. The predicted molar refractivity (Wildman–Crippen MR) is 90.9 cm³/mol. The fourth-order valence-corrected chi connectivity index (χ4v) is 2.90. The molecule has 0 aliphatic carbocycles. The normalized spacial score (nSPS) is 23.0. The topological polar surface area (TPSA) is 44.8 Å². The summed E-state index contributed by atoms with van der Waals surface area (Å²) in [4.78, 5) is 11.8. The average molecular weight is 326 g/mol. The first-order valence-electron chi connectivity index (χ1n) is 8.15. The Labute approximate surface area is 142 Å². The van der Waals surface area contributed by atoms with Gasteiger partial charge in [0.25, 0.3) is 0 Å². The maximum atomic E-state index is 11.8. The molecule has 24 heavy (non-hydrogen) atoms. The molecule has 0 unspecified atom stereocenters. The Kier molecular flexibility index (Phi) is 4.74. The van der Waals surface area contributed by atoms with E-state index in [2.05, 4.69) is 0 Å². The van der Waals surface area contributed by atoms with Crippen LogP contribution in [0.5, 0.6) is 11.5 Å². The maximum Gasteiger partial charge on any atom is 0.309 e. The third-order valence-corrected chi connectivity index (χ3v) is 4.63. The Morgan fingerprint density at radius 1 is 1.04 bits per heavy atom. The Morgan fingerprint density at radius 2 is 1.79 bits per heavy atom. The second-order valence-electron chi connectivity index (χ2n) is 6.19. The molecule has 0 amide bonds. The molecule has 0 spiro atoms. The van der Waals surface area contributed by atoms with Gasteiger partial charge in [0.15, 0.2) is 11.5 Å². The van der Waals surface area contributed by atoms with E-state index in [-0.39, 0.29) is 23.9 Å². The Balaban J connectivity index is 1.77. The number of hydrogen-bond acceptors (Lipinski definition) is 4. The van der Waals surface area contributed by atoms with Gasteiger partial charge < -0.3 is 14.2 Å². The fraction of sp³-hybridized carbons (Fsp3) is 0.350. The molecule has 2 aromatic carbocycles. The molecule has 0 N–H and O–H groups in total. The summed E-state index contributed by atoms with van der Waals surface area (Å²) >= 11 is 0. The van der Waals surface area contributed by atoms with Gasteiger partial charge in [0.2, 0.25) is 0 Å². The number of carbonyl (C=O) groups is 1. The molecular weight excluding hydrogens is 304 g/mol. The summed E-state index contributed by atoms with van der Waals surface area (Å²) in [5.41, 5.74) is 2.03. The quantitative estimate of drug-likeness (QED) is 0.775. The van der Waals surface area contributed by atoms with E-state index in [1.54, 1.807) is 7.11 Å². The van der Waals surface area contributed by atoms with Crippen LogP contribution < -0.4 is 9.47 Å². The van der Waals surface area contributed by atoms with Crippen molar-refractivity contribution in [1.29, 1.82) is 0 Å². The number of cyclic esters (lactones) is 1. The second kappa shape index (κ2) is 6.95. The van der Waals surface area contributed by atoms with Gasteiger partial charge in [-0.15, -0.1) is 0 Å². The van der Waals surface area contributed by atoms with E-state index in [0.717, 1.165) is 11.1 Å². The Bertz CT molecular complexity index is 711. The van der Waals surface area contributed by atoms with Crippen molar-refractivity contribution >= 4 is 5.97 Å². The van der Waals surface area contributed by atoms with E-state index in [9.17, 15) is 4.79 Å². The molecule has 2 aromatic rings. The standard InChI is InChI=1S/C20H22O4/c1-13-14(2)20(21)24-19(13)16-9-10-17(18(11-16)22-3)23-12-15-7-5-4-6-8-15/h4-11,13-14,19H,12H2,1-3H3/t13-,14-,19-/m0/s1. The van der Waals surface area contributed by atoms with Gasteiger partial charge in [0.1, 0.15) is 12.7 Å². The van der Waals surface area contributed by atoms with Crippen molar-refractivity contribution in [3.63, 3.8) is 0 Å². The van der Waals surface area contributed by atoms with Gasteiger partial charge >= 0.3 is 5.97 Å². The monoisotopic (exact) mass is 326 g/mol. The van der Waals surface area contributed by atoms with Crippen LogP contribution in [0.4, 0.5) is 0 Å². The molecule has 1 heterocycles. The summed E-state index contributed by atoms with van der Waals surface area (Å²) in [6.45, 7) is 4.41. The maximum absolute atomic E-state index is 11.8. The smallest absolute Gasteiger partial charge is 0.309 e. The van der Waals surface area contributed by atoms with E-state index in [0.29, 0.717) is 18.1 Å². The molecule has 126 valence electrons. The summed E-state index contributed by atoms with van der Waals surface area (Å²) in [5, 5.41) is 0. The first-order chi connectivity index (χ1) is 11.6. The number of methoxy groups -OCH3 is 1. The minimum Gasteiger partial charge on any atom is -0.493 e. The SMILES string of the molecule is COc1cc([C@H]2OC(=O)[C@@H](C)[C@@H]2C)ccc1OCc1ccccc1. The summed E-state index contributed by atoms with van der Waals surface area (Å²) in [7, 11) is 1.61. The lowest BCUT2D eigenvalue weighted by atomic mass is 9.90. The van der Waals surface area contributed by atoms with Crippen molar-refractivity contribution < 1.29 is 19.0 Å². The molecule has 1 aliphatic rings. The lowest BCUT2D eigenvalue weighted by molar-refractivity contribution is -0.144. The minimum absolute atomic E-state index is 0.0880. The van der Waals surface area contributed by atoms with Gasteiger partial charge in [-0.05, 0) is 23.3 Å². The highest BCUT2D eigenvalue weighted by Crippen LogP contribution is 2.41. The fourth-order valence-electron chi connectivity index (χ4n) is 2.90. The van der Waals surface area contributed by atoms with Crippen LogP contribution in [0.2, 0.25) is 0 Å². The highest BCUT2D eigenvalue weighted by atomic mass is 16.6. The zero-order valence-corrected chi connectivity index (χ0v) is 14.2. The van der Waals surface area contributed by atoms with Crippen LogP contribution >= 0.6 is 0 Å². The molecule has 0 bridgehead atoms. The van der Waals surface area contributed by atoms with Gasteiger partial charge in [-0.1, -0.05) is 50.2 Å². The largest absolute Gasteiger partial charge is 0.493 e. The van der Waals surface area contributed by atoms with E-state index in [1.165, 1.54) is 0 Å². The lowest BCUT2D eigenvalue weighted by Gasteiger charge is -2.18. The molecule has 1 fully saturated rings. The number of benzene rings is 2. The molecule has 4 heteroatoms. The van der Waals surface area contributed by atoms with E-state index in [4.69, 9.17) is 14.2 Å². The zero-order valence-electron chi connectivity index (χ0n) is 14.2. The molecule has 1 aliphatic heterocycles. The first kappa shape index (κ1) is 16.4. The van der Waals surface area contributed by atoms with Crippen LogP contribution in [0.3, 0.4) is 0 Å². The van der Waals surface area contributed by atoms with Gasteiger partial charge in [0, 0.05) is 5.92 Å². The van der Waals surface area contributed by atoms with Gasteiger partial charge in [-0.25, -0.2) is 0 Å². The van der Waals surface area contributed by atoms with Crippen LogP contribution in [-0.2, 0) is 16.1 Å². The predicted octanol–water partition coefficient (Wildman–Crippen LogP) is 4.14. The number of rotatable bonds is 5. The third-order valence-electron chi connectivity index (χ3n) is 4.63. The average Bonchev–Trinajstić information content (AvgIpc) is 2.88. The van der Waals surface area contributed by atoms with E-state index in [1.807, 2.05) is 62.4 Å². The molecule has 3 rings (SSSR count). The molecule has 0 aromatic heterocycles. The van der Waals surface area contributed by atoms with Crippen molar-refractivity contribution in [1.82, 2.24) is 0 Å². The summed E-state index contributed by atoms with van der Waals surface area (Å²) in [6, 6.07) is 15.7. The highest BCUT2D eigenvalue weighted by molar-refractivity contribution is 5.75. The van der Waals surface area contributed by atoms with Crippen LogP contribution in [0.25, 0.3) is 0 Å². The number of ether oxygens (including phenoxy) is 3. The van der Waals surface area contributed by atoms with Crippen molar-refractivity contribution in [3.05, 3.63) is 59.7 Å².